The van der Waals surface area contributed by atoms with E-state index >= 15 is 0 Å². The predicted octanol–water partition coefficient (Wildman–Crippen LogP) is 1.18. The monoisotopic (exact) mass is 151 g/mol. The van der Waals surface area contributed by atoms with Crippen LogP contribution >= 0.6 is 0 Å². The van der Waals surface area contributed by atoms with Crippen LogP contribution in [0, 0.1) is 6.92 Å². The Morgan fingerprint density at radius 1 is 1.64 bits per heavy atom. The van der Waals surface area contributed by atoms with Crippen molar-refractivity contribution in [1.29, 1.82) is 0 Å². The van der Waals surface area contributed by atoms with Crippen molar-refractivity contribution < 1.29 is 9.53 Å². The first-order valence-electron chi connectivity index (χ1n) is 3.25. The maximum absolute atomic E-state index is 10.9. The molecule has 0 saturated heterocycles. The summed E-state index contributed by atoms with van der Waals surface area (Å²) in [6, 6.07) is 3.51. The van der Waals surface area contributed by atoms with Gasteiger partial charge in [0, 0.05) is 6.20 Å². The molecule has 0 spiro atoms. The van der Waals surface area contributed by atoms with E-state index in [1.165, 1.54) is 7.11 Å². The fraction of sp³-hybridized carbons (Fsp3) is 0.250. The Labute approximate surface area is 65.0 Å². The van der Waals surface area contributed by atoms with E-state index in [2.05, 4.69) is 9.72 Å². The topological polar surface area (TPSA) is 39.2 Å². The molecule has 0 aliphatic rings. The van der Waals surface area contributed by atoms with Crippen molar-refractivity contribution in [2.24, 2.45) is 0 Å². The van der Waals surface area contributed by atoms with E-state index in [1.54, 1.807) is 12.3 Å². The van der Waals surface area contributed by atoms with Crippen molar-refractivity contribution in [3.8, 4) is 0 Å². The van der Waals surface area contributed by atoms with Gasteiger partial charge in [-0.2, -0.15) is 0 Å². The largest absolute Gasteiger partial charge is 0.464 e. The molecule has 0 atom stereocenters. The van der Waals surface area contributed by atoms with Crippen LogP contribution in [0.25, 0.3) is 0 Å². The van der Waals surface area contributed by atoms with E-state index in [0.29, 0.717) is 5.69 Å². The third-order valence-corrected chi connectivity index (χ3v) is 1.31. The van der Waals surface area contributed by atoms with Crippen molar-refractivity contribution in [2.45, 2.75) is 6.92 Å². The maximum Gasteiger partial charge on any atom is 0.356 e. The first kappa shape index (κ1) is 7.72. The van der Waals surface area contributed by atoms with Crippen LogP contribution < -0.4 is 0 Å². The third-order valence-electron chi connectivity index (χ3n) is 1.31. The van der Waals surface area contributed by atoms with Crippen molar-refractivity contribution in [1.82, 2.24) is 4.98 Å². The van der Waals surface area contributed by atoms with Crippen LogP contribution in [0.4, 0.5) is 0 Å². The molecule has 0 fully saturated rings. The van der Waals surface area contributed by atoms with Crippen LogP contribution in [0.5, 0.6) is 0 Å². The summed E-state index contributed by atoms with van der Waals surface area (Å²) in [6.45, 7) is 1.90. The van der Waals surface area contributed by atoms with Gasteiger partial charge in [-0.1, -0.05) is 0 Å². The molecule has 58 valence electrons. The molecule has 0 bridgehead atoms. The highest BCUT2D eigenvalue weighted by atomic mass is 16.5. The summed E-state index contributed by atoms with van der Waals surface area (Å²) in [5, 5.41) is 0. The minimum Gasteiger partial charge on any atom is -0.464 e. The van der Waals surface area contributed by atoms with E-state index in [4.69, 9.17) is 0 Å². The lowest BCUT2D eigenvalue weighted by molar-refractivity contribution is 0.0594. The Bertz CT molecular complexity index is 271. The van der Waals surface area contributed by atoms with Gasteiger partial charge in [-0.15, -0.1) is 0 Å². The first-order valence-corrected chi connectivity index (χ1v) is 3.25. The number of rotatable bonds is 1. The van der Waals surface area contributed by atoms with Gasteiger partial charge < -0.3 is 4.74 Å². The minimum absolute atomic E-state index is 0.354. The molecule has 0 aliphatic carbocycles. The summed E-state index contributed by atoms with van der Waals surface area (Å²) in [7, 11) is 1.34. The van der Waals surface area contributed by atoms with Gasteiger partial charge in [0.15, 0.2) is 0 Å². The number of aryl methyl sites for hydroxylation is 1. The molecule has 1 aromatic heterocycles. The standard InChI is InChI=1S/C8H9NO2/c1-6-3-4-9-7(5-6)8(10)11-2/h3-5H,1-2H3. The van der Waals surface area contributed by atoms with Crippen LogP contribution in [-0.2, 0) is 4.74 Å². The number of hydrogen-bond donors (Lipinski definition) is 0. The minimum atomic E-state index is -0.395. The zero-order chi connectivity index (χ0) is 8.27. The molecular weight excluding hydrogens is 142 g/mol. The molecule has 0 saturated carbocycles. The van der Waals surface area contributed by atoms with Gasteiger partial charge in [0.25, 0.3) is 0 Å². The van der Waals surface area contributed by atoms with E-state index < -0.39 is 5.97 Å². The number of esters is 1. The molecular formula is C8H9NO2. The number of hydrogen-bond acceptors (Lipinski definition) is 3. The SMILES string of the molecule is COC(=O)c1cc(C)ccn1. The fourth-order valence-corrected chi connectivity index (χ4v) is 0.752. The molecule has 0 N–H and O–H groups in total. The second-order valence-electron chi connectivity index (χ2n) is 2.21. The van der Waals surface area contributed by atoms with Gasteiger partial charge in [0.1, 0.15) is 5.69 Å². The molecule has 3 nitrogen and oxygen atoms in total. The van der Waals surface area contributed by atoms with Gasteiger partial charge >= 0.3 is 5.97 Å². The average Bonchev–Trinajstić information content (AvgIpc) is 2.03. The summed E-state index contributed by atoms with van der Waals surface area (Å²) < 4.78 is 4.49. The highest BCUT2D eigenvalue weighted by Gasteiger charge is 2.04. The Morgan fingerprint density at radius 2 is 2.36 bits per heavy atom. The van der Waals surface area contributed by atoms with E-state index in [9.17, 15) is 4.79 Å². The molecule has 0 unspecified atom stereocenters. The molecule has 0 aliphatic heterocycles. The zero-order valence-corrected chi connectivity index (χ0v) is 6.50. The quantitative estimate of drug-likeness (QED) is 0.566. The number of carbonyl (C=O) groups excluding carboxylic acids is 1. The molecule has 0 aromatic carbocycles. The maximum atomic E-state index is 10.9. The molecule has 1 aromatic rings. The first-order chi connectivity index (χ1) is 5.24. The number of methoxy groups -OCH3 is 1. The number of aromatic nitrogens is 1. The van der Waals surface area contributed by atoms with E-state index in [-0.39, 0.29) is 0 Å². The Hall–Kier alpha value is -1.38. The Balaban J connectivity index is 2.96. The Morgan fingerprint density at radius 3 is 2.91 bits per heavy atom. The van der Waals surface area contributed by atoms with E-state index in [1.807, 2.05) is 13.0 Å². The van der Waals surface area contributed by atoms with Crippen molar-refractivity contribution >= 4 is 5.97 Å². The van der Waals surface area contributed by atoms with E-state index in [0.717, 1.165) is 5.56 Å². The molecule has 11 heavy (non-hydrogen) atoms. The summed E-state index contributed by atoms with van der Waals surface area (Å²) in [5.74, 6) is -0.395. The van der Waals surface area contributed by atoms with Crippen LogP contribution in [0.15, 0.2) is 18.3 Å². The Kier molecular flexibility index (Phi) is 2.21. The molecule has 0 amide bonds. The smallest absolute Gasteiger partial charge is 0.356 e. The van der Waals surface area contributed by atoms with Crippen LogP contribution in [0.2, 0.25) is 0 Å². The number of ether oxygens (including phenoxy) is 1. The highest BCUT2D eigenvalue weighted by Crippen LogP contribution is 2.00. The second-order valence-corrected chi connectivity index (χ2v) is 2.21. The van der Waals surface area contributed by atoms with Gasteiger partial charge in [0.05, 0.1) is 7.11 Å². The highest BCUT2D eigenvalue weighted by molar-refractivity contribution is 5.87. The molecule has 1 rings (SSSR count). The summed E-state index contributed by atoms with van der Waals surface area (Å²) in [5.41, 5.74) is 1.35. The lowest BCUT2D eigenvalue weighted by atomic mass is 10.2. The van der Waals surface area contributed by atoms with Crippen molar-refractivity contribution in [2.75, 3.05) is 7.11 Å². The van der Waals surface area contributed by atoms with Gasteiger partial charge in [-0.05, 0) is 24.6 Å². The molecule has 3 heteroatoms. The lowest BCUT2D eigenvalue weighted by Crippen LogP contribution is -2.03. The van der Waals surface area contributed by atoms with Crippen LogP contribution in [-0.4, -0.2) is 18.1 Å². The zero-order valence-electron chi connectivity index (χ0n) is 6.50. The predicted molar refractivity (Wildman–Crippen MR) is 40.3 cm³/mol. The molecule has 0 radical (unpaired) electrons. The van der Waals surface area contributed by atoms with Crippen molar-refractivity contribution in [3.05, 3.63) is 29.6 Å². The average molecular weight is 151 g/mol. The summed E-state index contributed by atoms with van der Waals surface area (Å²) in [4.78, 5) is 14.7. The fourth-order valence-electron chi connectivity index (χ4n) is 0.752. The third kappa shape index (κ3) is 1.77. The number of nitrogens with zero attached hydrogens (tertiary/aromatic N) is 1. The second kappa shape index (κ2) is 3.14. The normalized spacial score (nSPS) is 9.27. The van der Waals surface area contributed by atoms with Gasteiger partial charge in [-0.25, -0.2) is 9.78 Å². The molecule has 1 heterocycles. The van der Waals surface area contributed by atoms with Crippen LogP contribution in [0.3, 0.4) is 0 Å². The van der Waals surface area contributed by atoms with Crippen molar-refractivity contribution in [3.63, 3.8) is 0 Å². The summed E-state index contributed by atoms with van der Waals surface area (Å²) >= 11 is 0. The number of carbonyl (C=O) groups is 1. The van der Waals surface area contributed by atoms with Gasteiger partial charge in [0.2, 0.25) is 0 Å². The van der Waals surface area contributed by atoms with Gasteiger partial charge in [-0.3, -0.25) is 0 Å². The number of pyridine rings is 1. The van der Waals surface area contributed by atoms with Crippen LogP contribution in [0.1, 0.15) is 16.1 Å². The summed E-state index contributed by atoms with van der Waals surface area (Å²) in [6.07, 6.45) is 1.58. The lowest BCUT2D eigenvalue weighted by Gasteiger charge is -1.97.